The van der Waals surface area contributed by atoms with Crippen molar-refractivity contribution in [1.82, 2.24) is 0 Å². The molecule has 0 aliphatic carbocycles. The highest BCUT2D eigenvalue weighted by Gasteiger charge is 2.49. The summed E-state index contributed by atoms with van der Waals surface area (Å²) in [5.74, 6) is -0.0499. The number of carbonyl (C=O) groups is 1. The van der Waals surface area contributed by atoms with E-state index in [4.69, 9.17) is 4.74 Å². The summed E-state index contributed by atoms with van der Waals surface area (Å²) in [7, 11) is 0. The number of esters is 1. The standard InChI is InChI=1S/C18H36O2/c1-11-17(9,12-2)20-14(19)18(10,16(6,7)8)13-15(3,4)5/h11-13H2,1-10H3. The summed E-state index contributed by atoms with van der Waals surface area (Å²) < 4.78 is 5.93. The van der Waals surface area contributed by atoms with E-state index in [0.29, 0.717) is 0 Å². The van der Waals surface area contributed by atoms with Gasteiger partial charge in [0.1, 0.15) is 5.60 Å². The van der Waals surface area contributed by atoms with Gasteiger partial charge in [0.25, 0.3) is 0 Å². The van der Waals surface area contributed by atoms with Crippen molar-refractivity contribution in [1.29, 1.82) is 0 Å². The predicted octanol–water partition coefficient (Wildman–Crippen LogP) is 5.60. The van der Waals surface area contributed by atoms with Crippen molar-refractivity contribution in [3.63, 3.8) is 0 Å². The van der Waals surface area contributed by atoms with E-state index < -0.39 is 5.41 Å². The van der Waals surface area contributed by atoms with Crippen LogP contribution >= 0.6 is 0 Å². The SMILES string of the molecule is CCC(C)(CC)OC(=O)C(C)(CC(C)(C)C)C(C)(C)C. The molecule has 20 heavy (non-hydrogen) atoms. The second-order valence-corrected chi connectivity index (χ2v) is 8.87. The first kappa shape index (κ1) is 19.5. The van der Waals surface area contributed by atoms with Crippen molar-refractivity contribution < 1.29 is 9.53 Å². The van der Waals surface area contributed by atoms with Crippen molar-refractivity contribution in [2.45, 2.75) is 94.1 Å². The quantitative estimate of drug-likeness (QED) is 0.614. The summed E-state index contributed by atoms with van der Waals surface area (Å²) in [5, 5.41) is 0. The van der Waals surface area contributed by atoms with Gasteiger partial charge in [0.05, 0.1) is 5.41 Å². The third-order valence-electron chi connectivity index (χ3n) is 4.82. The van der Waals surface area contributed by atoms with E-state index in [1.54, 1.807) is 0 Å². The van der Waals surface area contributed by atoms with Gasteiger partial charge in [-0.05, 0) is 43.9 Å². The van der Waals surface area contributed by atoms with Crippen LogP contribution in [0.1, 0.15) is 88.5 Å². The minimum absolute atomic E-state index is 0.0499. The second-order valence-electron chi connectivity index (χ2n) is 8.87. The molecule has 0 aromatic rings. The molecule has 0 aromatic carbocycles. The predicted molar refractivity (Wildman–Crippen MR) is 86.7 cm³/mol. The molecule has 0 N–H and O–H groups in total. The van der Waals surface area contributed by atoms with Crippen molar-refractivity contribution in [2.75, 3.05) is 0 Å². The van der Waals surface area contributed by atoms with Gasteiger partial charge in [-0.2, -0.15) is 0 Å². The van der Waals surface area contributed by atoms with Gasteiger partial charge in [0.2, 0.25) is 0 Å². The first-order chi connectivity index (χ1) is 8.71. The van der Waals surface area contributed by atoms with Gasteiger partial charge in [-0.3, -0.25) is 4.79 Å². The molecule has 1 unspecified atom stereocenters. The Morgan fingerprint density at radius 2 is 1.25 bits per heavy atom. The lowest BCUT2D eigenvalue weighted by molar-refractivity contribution is -0.180. The maximum Gasteiger partial charge on any atom is 0.312 e. The van der Waals surface area contributed by atoms with Crippen molar-refractivity contribution in [3.05, 3.63) is 0 Å². The Bertz CT molecular complexity index is 326. The molecular formula is C18H36O2. The fraction of sp³-hybridized carbons (Fsp3) is 0.944. The largest absolute Gasteiger partial charge is 0.459 e. The average molecular weight is 284 g/mol. The van der Waals surface area contributed by atoms with Crippen LogP contribution in [0.2, 0.25) is 0 Å². The van der Waals surface area contributed by atoms with E-state index in [1.807, 2.05) is 6.92 Å². The number of hydrogen-bond donors (Lipinski definition) is 0. The van der Waals surface area contributed by atoms with Crippen LogP contribution < -0.4 is 0 Å². The smallest absolute Gasteiger partial charge is 0.312 e. The topological polar surface area (TPSA) is 26.3 Å². The molecule has 0 aliphatic heterocycles. The molecule has 0 spiro atoms. The molecule has 1 atom stereocenters. The van der Waals surface area contributed by atoms with Crippen LogP contribution in [0, 0.1) is 16.2 Å². The Labute approximate surface area is 126 Å². The van der Waals surface area contributed by atoms with Crippen LogP contribution in [0.3, 0.4) is 0 Å². The molecular weight excluding hydrogens is 248 g/mol. The minimum atomic E-state index is -0.475. The minimum Gasteiger partial charge on any atom is -0.459 e. The number of hydrogen-bond acceptors (Lipinski definition) is 2. The summed E-state index contributed by atoms with van der Waals surface area (Å²) in [6.45, 7) is 21.2. The highest BCUT2D eigenvalue weighted by Crippen LogP contribution is 2.48. The molecule has 0 saturated carbocycles. The lowest BCUT2D eigenvalue weighted by Gasteiger charge is -2.45. The van der Waals surface area contributed by atoms with Crippen LogP contribution in [-0.2, 0) is 9.53 Å². The molecule has 0 aromatic heterocycles. The lowest BCUT2D eigenvalue weighted by atomic mass is 9.61. The summed E-state index contributed by atoms with van der Waals surface area (Å²) in [4.78, 5) is 12.9. The van der Waals surface area contributed by atoms with Crippen molar-refractivity contribution in [3.8, 4) is 0 Å². The zero-order valence-electron chi connectivity index (χ0n) is 15.4. The third kappa shape index (κ3) is 4.79. The Hall–Kier alpha value is -0.530. The summed E-state index contributed by atoms with van der Waals surface area (Å²) in [5.41, 5.74) is -0.853. The zero-order valence-corrected chi connectivity index (χ0v) is 15.4. The summed E-state index contributed by atoms with van der Waals surface area (Å²) in [6.07, 6.45) is 2.53. The Balaban J connectivity index is 5.42. The zero-order chi connectivity index (χ0) is 16.4. The highest BCUT2D eigenvalue weighted by atomic mass is 16.6. The van der Waals surface area contributed by atoms with Crippen molar-refractivity contribution in [2.24, 2.45) is 16.2 Å². The maximum atomic E-state index is 12.9. The Morgan fingerprint density at radius 3 is 1.50 bits per heavy atom. The molecule has 0 bridgehead atoms. The van der Waals surface area contributed by atoms with Crippen LogP contribution in [-0.4, -0.2) is 11.6 Å². The van der Waals surface area contributed by atoms with E-state index in [2.05, 4.69) is 62.3 Å². The van der Waals surface area contributed by atoms with Gasteiger partial charge in [-0.25, -0.2) is 0 Å². The number of carbonyl (C=O) groups excluding carboxylic acids is 1. The fourth-order valence-electron chi connectivity index (χ4n) is 2.43. The van der Waals surface area contributed by atoms with E-state index in [1.165, 1.54) is 0 Å². The van der Waals surface area contributed by atoms with Crippen LogP contribution in [0.5, 0.6) is 0 Å². The van der Waals surface area contributed by atoms with Crippen LogP contribution in [0.15, 0.2) is 0 Å². The van der Waals surface area contributed by atoms with E-state index in [0.717, 1.165) is 19.3 Å². The molecule has 0 amide bonds. The number of ether oxygens (including phenoxy) is 1. The van der Waals surface area contributed by atoms with Gasteiger partial charge in [-0.1, -0.05) is 55.4 Å². The second kappa shape index (κ2) is 6.07. The van der Waals surface area contributed by atoms with E-state index in [-0.39, 0.29) is 22.4 Å². The molecule has 0 fully saturated rings. The Kier molecular flexibility index (Phi) is 5.91. The van der Waals surface area contributed by atoms with Gasteiger partial charge in [-0.15, -0.1) is 0 Å². The monoisotopic (exact) mass is 284 g/mol. The molecule has 0 aliphatic rings. The molecule has 0 saturated heterocycles. The lowest BCUT2D eigenvalue weighted by Crippen LogP contribution is -2.47. The maximum absolute atomic E-state index is 12.9. The van der Waals surface area contributed by atoms with Gasteiger partial charge in [0.15, 0.2) is 0 Å². The summed E-state index contributed by atoms with van der Waals surface area (Å²) >= 11 is 0. The van der Waals surface area contributed by atoms with Crippen LogP contribution in [0.25, 0.3) is 0 Å². The molecule has 120 valence electrons. The first-order valence-corrected chi connectivity index (χ1v) is 7.94. The third-order valence-corrected chi connectivity index (χ3v) is 4.82. The first-order valence-electron chi connectivity index (χ1n) is 7.94. The number of rotatable bonds is 5. The molecule has 2 heteroatoms. The van der Waals surface area contributed by atoms with Gasteiger partial charge < -0.3 is 4.74 Å². The fourth-order valence-corrected chi connectivity index (χ4v) is 2.43. The molecule has 0 rings (SSSR count). The van der Waals surface area contributed by atoms with E-state index >= 15 is 0 Å². The van der Waals surface area contributed by atoms with E-state index in [9.17, 15) is 4.79 Å². The Morgan fingerprint density at radius 1 is 0.850 bits per heavy atom. The molecule has 0 heterocycles. The van der Waals surface area contributed by atoms with Crippen LogP contribution in [0.4, 0.5) is 0 Å². The van der Waals surface area contributed by atoms with Gasteiger partial charge in [0, 0.05) is 0 Å². The molecule has 2 nitrogen and oxygen atoms in total. The normalized spacial score (nSPS) is 16.7. The average Bonchev–Trinajstić information content (AvgIpc) is 2.24. The highest BCUT2D eigenvalue weighted by molar-refractivity contribution is 5.78. The summed E-state index contributed by atoms with van der Waals surface area (Å²) in [6, 6.07) is 0. The van der Waals surface area contributed by atoms with Gasteiger partial charge >= 0.3 is 5.97 Å². The molecule has 0 radical (unpaired) electrons. The van der Waals surface area contributed by atoms with Crippen molar-refractivity contribution >= 4 is 5.97 Å².